The first kappa shape index (κ1) is 10.2. The first-order valence-corrected chi connectivity index (χ1v) is 5.98. The maximum absolute atomic E-state index is 10.8. The third-order valence-corrected chi connectivity index (χ3v) is 3.53. The Kier molecular flexibility index (Phi) is 2.45. The zero-order valence-corrected chi connectivity index (χ0v) is 9.72. The molecule has 5 heteroatoms. The summed E-state index contributed by atoms with van der Waals surface area (Å²) in [7, 11) is 0. The fourth-order valence-electron chi connectivity index (χ4n) is 1.69. The maximum Gasteiger partial charge on any atom is 0.168 e. The van der Waals surface area contributed by atoms with Crippen molar-refractivity contribution in [3.63, 3.8) is 0 Å². The Labute approximate surface area is 102 Å². The summed E-state index contributed by atoms with van der Waals surface area (Å²) in [6.07, 6.45) is 4.01. The number of rotatable bonds is 3. The molecule has 0 saturated carbocycles. The lowest BCUT2D eigenvalue weighted by molar-refractivity contribution is 0.111. The summed E-state index contributed by atoms with van der Waals surface area (Å²) in [6, 6.07) is 8.01. The van der Waals surface area contributed by atoms with Crippen LogP contribution in [0.4, 0.5) is 0 Å². The molecule has 3 aromatic rings. The zero-order chi connectivity index (χ0) is 11.7. The van der Waals surface area contributed by atoms with Crippen molar-refractivity contribution in [1.82, 2.24) is 14.5 Å². The van der Waals surface area contributed by atoms with Crippen molar-refractivity contribution >= 4 is 27.8 Å². The number of carbonyl (C=O) groups is 1. The summed E-state index contributed by atoms with van der Waals surface area (Å²) in [5.74, 6) is 0. The van der Waals surface area contributed by atoms with E-state index in [4.69, 9.17) is 0 Å². The van der Waals surface area contributed by atoms with Crippen LogP contribution >= 0.6 is 11.3 Å². The SMILES string of the molecule is O=Cc1cncn1Cc1nc2ccccc2s1. The molecule has 0 radical (unpaired) electrons. The van der Waals surface area contributed by atoms with Crippen molar-refractivity contribution < 1.29 is 4.79 Å². The minimum atomic E-state index is 0.573. The Morgan fingerprint density at radius 3 is 3.06 bits per heavy atom. The molecular formula is C12H9N3OS. The molecule has 0 bridgehead atoms. The molecule has 17 heavy (non-hydrogen) atoms. The Morgan fingerprint density at radius 2 is 2.24 bits per heavy atom. The molecule has 0 aliphatic heterocycles. The van der Waals surface area contributed by atoms with E-state index < -0.39 is 0 Å². The van der Waals surface area contributed by atoms with E-state index in [9.17, 15) is 4.79 Å². The van der Waals surface area contributed by atoms with Crippen LogP contribution in [-0.2, 0) is 6.54 Å². The predicted octanol–water partition coefficient (Wildman–Crippen LogP) is 2.35. The van der Waals surface area contributed by atoms with Gasteiger partial charge in [-0.2, -0.15) is 0 Å². The van der Waals surface area contributed by atoms with Crippen LogP contribution in [-0.4, -0.2) is 20.8 Å². The van der Waals surface area contributed by atoms with Crippen molar-refractivity contribution in [3.8, 4) is 0 Å². The first-order chi connectivity index (χ1) is 8.36. The van der Waals surface area contributed by atoms with E-state index in [1.807, 2.05) is 24.3 Å². The normalized spacial score (nSPS) is 10.8. The number of benzene rings is 1. The van der Waals surface area contributed by atoms with Crippen molar-refractivity contribution in [2.24, 2.45) is 0 Å². The van der Waals surface area contributed by atoms with Gasteiger partial charge in [-0.3, -0.25) is 4.79 Å². The number of fused-ring (bicyclic) bond motifs is 1. The molecule has 2 heterocycles. The minimum Gasteiger partial charge on any atom is -0.321 e. The van der Waals surface area contributed by atoms with Crippen LogP contribution in [0.25, 0.3) is 10.2 Å². The van der Waals surface area contributed by atoms with Gasteiger partial charge in [0.15, 0.2) is 6.29 Å². The van der Waals surface area contributed by atoms with Gasteiger partial charge < -0.3 is 4.57 Å². The molecule has 2 aromatic heterocycles. The van der Waals surface area contributed by atoms with Crippen LogP contribution in [0.3, 0.4) is 0 Å². The van der Waals surface area contributed by atoms with Gasteiger partial charge in [-0.05, 0) is 12.1 Å². The van der Waals surface area contributed by atoms with Gasteiger partial charge in [0.25, 0.3) is 0 Å². The summed E-state index contributed by atoms with van der Waals surface area (Å²) in [5, 5.41) is 0.979. The topological polar surface area (TPSA) is 47.8 Å². The van der Waals surface area contributed by atoms with Gasteiger partial charge in [-0.1, -0.05) is 12.1 Å². The Balaban J connectivity index is 1.97. The number of aromatic nitrogens is 3. The van der Waals surface area contributed by atoms with Crippen LogP contribution in [0.1, 0.15) is 15.5 Å². The number of para-hydroxylation sites is 1. The first-order valence-electron chi connectivity index (χ1n) is 5.16. The van der Waals surface area contributed by atoms with E-state index in [0.29, 0.717) is 12.2 Å². The van der Waals surface area contributed by atoms with Gasteiger partial charge in [0.05, 0.1) is 29.3 Å². The molecule has 0 spiro atoms. The Morgan fingerprint density at radius 1 is 1.35 bits per heavy atom. The molecule has 0 amide bonds. The van der Waals surface area contributed by atoms with E-state index in [1.54, 1.807) is 28.4 Å². The molecule has 0 aliphatic rings. The van der Waals surface area contributed by atoms with E-state index >= 15 is 0 Å². The molecule has 4 nitrogen and oxygen atoms in total. The van der Waals surface area contributed by atoms with Gasteiger partial charge in [0, 0.05) is 0 Å². The molecule has 0 saturated heterocycles. The van der Waals surface area contributed by atoms with Crippen LogP contribution < -0.4 is 0 Å². The molecule has 3 rings (SSSR count). The maximum atomic E-state index is 10.8. The average molecular weight is 243 g/mol. The Bertz CT molecular complexity index is 638. The number of hydrogen-bond acceptors (Lipinski definition) is 4. The molecule has 0 unspecified atom stereocenters. The summed E-state index contributed by atoms with van der Waals surface area (Å²) >= 11 is 1.64. The van der Waals surface area contributed by atoms with Crippen LogP contribution in [0.2, 0.25) is 0 Å². The molecule has 1 aromatic carbocycles. The lowest BCUT2D eigenvalue weighted by atomic mass is 10.3. The Hall–Kier alpha value is -2.01. The summed E-state index contributed by atoms with van der Waals surface area (Å²) in [4.78, 5) is 19.2. The number of aldehydes is 1. The third-order valence-electron chi connectivity index (χ3n) is 2.51. The standard InChI is InChI=1S/C12H9N3OS/c16-7-9-5-13-8-15(9)6-12-14-10-3-1-2-4-11(10)17-12/h1-5,7-8H,6H2. The largest absolute Gasteiger partial charge is 0.321 e. The molecular weight excluding hydrogens is 234 g/mol. The minimum absolute atomic E-state index is 0.573. The highest BCUT2D eigenvalue weighted by Gasteiger charge is 2.06. The number of hydrogen-bond donors (Lipinski definition) is 0. The molecule has 0 N–H and O–H groups in total. The van der Waals surface area contributed by atoms with E-state index in [-0.39, 0.29) is 0 Å². The summed E-state index contributed by atoms with van der Waals surface area (Å²) in [5.41, 5.74) is 1.57. The zero-order valence-electron chi connectivity index (χ0n) is 8.91. The number of nitrogens with zero attached hydrogens (tertiary/aromatic N) is 3. The van der Waals surface area contributed by atoms with Crippen molar-refractivity contribution in [1.29, 1.82) is 0 Å². The van der Waals surface area contributed by atoms with E-state index in [1.165, 1.54) is 0 Å². The molecule has 0 atom stereocenters. The van der Waals surface area contributed by atoms with Crippen LogP contribution in [0.15, 0.2) is 36.8 Å². The van der Waals surface area contributed by atoms with Gasteiger partial charge in [0.1, 0.15) is 10.7 Å². The molecule has 0 fully saturated rings. The average Bonchev–Trinajstić information content (AvgIpc) is 2.94. The van der Waals surface area contributed by atoms with Crippen molar-refractivity contribution in [3.05, 3.63) is 47.5 Å². The second-order valence-electron chi connectivity index (χ2n) is 3.64. The predicted molar refractivity (Wildman–Crippen MR) is 66.3 cm³/mol. The van der Waals surface area contributed by atoms with Crippen LogP contribution in [0, 0.1) is 0 Å². The second-order valence-corrected chi connectivity index (χ2v) is 4.75. The van der Waals surface area contributed by atoms with Crippen LogP contribution in [0.5, 0.6) is 0 Å². The van der Waals surface area contributed by atoms with Gasteiger partial charge in [-0.15, -0.1) is 11.3 Å². The number of thiazole rings is 1. The van der Waals surface area contributed by atoms with E-state index in [2.05, 4.69) is 9.97 Å². The highest BCUT2D eigenvalue weighted by atomic mass is 32.1. The van der Waals surface area contributed by atoms with Crippen molar-refractivity contribution in [2.45, 2.75) is 6.54 Å². The summed E-state index contributed by atoms with van der Waals surface area (Å²) < 4.78 is 2.96. The molecule has 84 valence electrons. The van der Waals surface area contributed by atoms with Gasteiger partial charge in [0.2, 0.25) is 0 Å². The quantitative estimate of drug-likeness (QED) is 0.663. The second kappa shape index (κ2) is 4.10. The fraction of sp³-hybridized carbons (Fsp3) is 0.0833. The number of carbonyl (C=O) groups excluding carboxylic acids is 1. The van der Waals surface area contributed by atoms with Gasteiger partial charge in [-0.25, -0.2) is 9.97 Å². The smallest absolute Gasteiger partial charge is 0.168 e. The fourth-order valence-corrected chi connectivity index (χ4v) is 2.66. The monoisotopic (exact) mass is 243 g/mol. The van der Waals surface area contributed by atoms with Gasteiger partial charge >= 0.3 is 0 Å². The van der Waals surface area contributed by atoms with E-state index in [0.717, 1.165) is 21.5 Å². The molecule has 0 aliphatic carbocycles. The summed E-state index contributed by atoms with van der Waals surface area (Å²) in [6.45, 7) is 0.591. The van der Waals surface area contributed by atoms with Crippen molar-refractivity contribution in [2.75, 3.05) is 0 Å². The third kappa shape index (κ3) is 1.85. The number of imidazole rings is 1. The highest BCUT2D eigenvalue weighted by molar-refractivity contribution is 7.18. The highest BCUT2D eigenvalue weighted by Crippen LogP contribution is 2.22. The lowest BCUT2D eigenvalue weighted by Gasteiger charge is -1.99. The lowest BCUT2D eigenvalue weighted by Crippen LogP contribution is -2.01.